The second-order valence-corrected chi connectivity index (χ2v) is 6.40. The quantitative estimate of drug-likeness (QED) is 0.826. The van der Waals surface area contributed by atoms with E-state index >= 15 is 0 Å². The number of alkyl halides is 3. The van der Waals surface area contributed by atoms with Crippen molar-refractivity contribution in [3.05, 3.63) is 28.2 Å². The summed E-state index contributed by atoms with van der Waals surface area (Å²) in [4.78, 5) is 9.68. The lowest BCUT2D eigenvalue weighted by atomic mass is 10.2. The van der Waals surface area contributed by atoms with E-state index in [2.05, 4.69) is 15.9 Å². The first-order valence-electron chi connectivity index (χ1n) is 5.11. The molecule has 1 rings (SSSR count). The number of rotatable bonds is 5. The van der Waals surface area contributed by atoms with Crippen molar-refractivity contribution in [3.8, 4) is 0 Å². The maximum atomic E-state index is 12.6. The van der Waals surface area contributed by atoms with Gasteiger partial charge in [-0.3, -0.25) is 4.79 Å². The van der Waals surface area contributed by atoms with Crippen molar-refractivity contribution in [2.24, 2.45) is 0 Å². The molecule has 1 aromatic rings. The Kier molecular flexibility index (Phi) is 5.16. The number of nitrogens with one attached hydrogen (secondary N) is 1. The molecule has 112 valence electrons. The van der Waals surface area contributed by atoms with Crippen LogP contribution in [0.4, 0.5) is 13.2 Å². The van der Waals surface area contributed by atoms with Gasteiger partial charge in [0.1, 0.15) is 0 Å². The predicted octanol–water partition coefficient (Wildman–Crippen LogP) is 2.22. The molecule has 0 saturated heterocycles. The molecule has 0 aliphatic rings. The molecule has 0 heterocycles. The maximum Gasteiger partial charge on any atom is 0.416 e. The number of carbonyl (C=O) groups is 1. The second-order valence-electron chi connectivity index (χ2n) is 3.71. The van der Waals surface area contributed by atoms with Gasteiger partial charge < -0.3 is 5.11 Å². The fraction of sp³-hybridized carbons (Fsp3) is 0.300. The SMILES string of the molecule is O=C(O)CCNS(=O)(=O)c1cc(Br)cc(C(F)(F)F)c1. The fourth-order valence-electron chi connectivity index (χ4n) is 1.26. The lowest BCUT2D eigenvalue weighted by Gasteiger charge is -2.11. The number of halogens is 4. The standard InChI is InChI=1S/C10H9BrF3NO4S/c11-7-3-6(10(12,13)14)4-8(5-7)20(18,19)15-2-1-9(16)17/h3-5,15H,1-2H2,(H,16,17). The van der Waals surface area contributed by atoms with Gasteiger partial charge in [-0.1, -0.05) is 15.9 Å². The monoisotopic (exact) mass is 375 g/mol. The molecule has 0 unspecified atom stereocenters. The summed E-state index contributed by atoms with van der Waals surface area (Å²) in [6, 6.07) is 2.22. The summed E-state index contributed by atoms with van der Waals surface area (Å²) in [5.41, 5.74) is -1.12. The van der Waals surface area contributed by atoms with Crippen LogP contribution in [0.15, 0.2) is 27.6 Å². The average molecular weight is 376 g/mol. The molecule has 0 atom stereocenters. The van der Waals surface area contributed by atoms with Crippen molar-refractivity contribution in [3.63, 3.8) is 0 Å². The molecular formula is C10H9BrF3NO4S. The lowest BCUT2D eigenvalue weighted by Crippen LogP contribution is -2.26. The molecule has 0 aliphatic heterocycles. The summed E-state index contributed by atoms with van der Waals surface area (Å²) in [5.74, 6) is -1.22. The zero-order valence-corrected chi connectivity index (χ0v) is 12.1. The van der Waals surface area contributed by atoms with Crippen LogP contribution in [0.5, 0.6) is 0 Å². The van der Waals surface area contributed by atoms with Crippen molar-refractivity contribution in [1.29, 1.82) is 0 Å². The zero-order valence-electron chi connectivity index (χ0n) is 9.74. The topological polar surface area (TPSA) is 83.5 Å². The molecule has 0 amide bonds. The highest BCUT2D eigenvalue weighted by Gasteiger charge is 2.32. The third-order valence-corrected chi connectivity index (χ3v) is 4.04. The summed E-state index contributed by atoms with van der Waals surface area (Å²) in [5, 5.41) is 8.38. The van der Waals surface area contributed by atoms with Gasteiger partial charge in [0.2, 0.25) is 10.0 Å². The Hall–Kier alpha value is -1.13. The van der Waals surface area contributed by atoms with Crippen LogP contribution in [0.2, 0.25) is 0 Å². The predicted molar refractivity (Wildman–Crippen MR) is 66.6 cm³/mol. The van der Waals surface area contributed by atoms with E-state index in [9.17, 15) is 26.4 Å². The molecule has 0 fully saturated rings. The zero-order chi connectivity index (χ0) is 15.6. The van der Waals surface area contributed by atoms with E-state index in [-0.39, 0.29) is 4.47 Å². The van der Waals surface area contributed by atoms with Gasteiger partial charge in [-0.2, -0.15) is 13.2 Å². The molecule has 0 aromatic heterocycles. The Morgan fingerprint density at radius 2 is 1.90 bits per heavy atom. The molecule has 20 heavy (non-hydrogen) atoms. The molecule has 0 radical (unpaired) electrons. The molecule has 2 N–H and O–H groups in total. The number of benzene rings is 1. The highest BCUT2D eigenvalue weighted by atomic mass is 79.9. The summed E-state index contributed by atoms with van der Waals surface area (Å²) in [6.07, 6.45) is -5.16. The Labute approximate surface area is 121 Å². The molecule has 1 aromatic carbocycles. The van der Waals surface area contributed by atoms with Crippen molar-refractivity contribution >= 4 is 31.9 Å². The molecule has 5 nitrogen and oxygen atoms in total. The summed E-state index contributed by atoms with van der Waals surface area (Å²) >= 11 is 2.80. The van der Waals surface area contributed by atoms with Gasteiger partial charge in [-0.25, -0.2) is 13.1 Å². The fourth-order valence-corrected chi connectivity index (χ4v) is 3.00. The van der Waals surface area contributed by atoms with Gasteiger partial charge in [0.15, 0.2) is 0 Å². The molecule has 0 saturated carbocycles. The van der Waals surface area contributed by atoms with Crippen molar-refractivity contribution in [1.82, 2.24) is 4.72 Å². The molecule has 10 heteroatoms. The third-order valence-electron chi connectivity index (χ3n) is 2.14. The highest BCUT2D eigenvalue weighted by molar-refractivity contribution is 9.10. The normalized spacial score (nSPS) is 12.4. The largest absolute Gasteiger partial charge is 0.481 e. The smallest absolute Gasteiger partial charge is 0.416 e. The van der Waals surface area contributed by atoms with Crippen molar-refractivity contribution in [2.75, 3.05) is 6.54 Å². The van der Waals surface area contributed by atoms with Crippen LogP contribution in [-0.4, -0.2) is 26.0 Å². The van der Waals surface area contributed by atoms with E-state index in [0.717, 1.165) is 12.1 Å². The number of hydrogen-bond donors (Lipinski definition) is 2. The number of carboxylic acids is 1. The van der Waals surface area contributed by atoms with Crippen LogP contribution in [0.1, 0.15) is 12.0 Å². The summed E-state index contributed by atoms with van der Waals surface area (Å²) in [7, 11) is -4.20. The second kappa shape index (κ2) is 6.10. The minimum Gasteiger partial charge on any atom is -0.481 e. The molecule has 0 aliphatic carbocycles. The van der Waals surface area contributed by atoms with Gasteiger partial charge in [-0.05, 0) is 18.2 Å². The first-order valence-corrected chi connectivity index (χ1v) is 7.39. The Bertz CT molecular complexity index is 615. The van der Waals surface area contributed by atoms with Crippen molar-refractivity contribution < 1.29 is 31.5 Å². The first-order chi connectivity index (χ1) is 9.02. The van der Waals surface area contributed by atoms with E-state index in [1.165, 1.54) is 0 Å². The van der Waals surface area contributed by atoms with Gasteiger partial charge in [0.05, 0.1) is 16.9 Å². The van der Waals surface area contributed by atoms with Gasteiger partial charge in [-0.15, -0.1) is 0 Å². The van der Waals surface area contributed by atoms with Crippen LogP contribution < -0.4 is 4.72 Å². The Morgan fingerprint density at radius 1 is 1.30 bits per heavy atom. The molecular weight excluding hydrogens is 367 g/mol. The molecule has 0 spiro atoms. The average Bonchev–Trinajstić information content (AvgIpc) is 2.26. The van der Waals surface area contributed by atoms with Crippen LogP contribution >= 0.6 is 15.9 Å². The number of sulfonamides is 1. The highest BCUT2D eigenvalue weighted by Crippen LogP contribution is 2.33. The lowest BCUT2D eigenvalue weighted by molar-refractivity contribution is -0.138. The first kappa shape index (κ1) is 16.9. The number of hydrogen-bond acceptors (Lipinski definition) is 3. The van der Waals surface area contributed by atoms with E-state index in [0.29, 0.717) is 6.07 Å². The van der Waals surface area contributed by atoms with Crippen LogP contribution in [0.25, 0.3) is 0 Å². The van der Waals surface area contributed by atoms with E-state index in [1.807, 2.05) is 4.72 Å². The summed E-state index contributed by atoms with van der Waals surface area (Å²) in [6.45, 7) is -0.411. The number of carboxylic acid groups (broad SMARTS) is 1. The molecule has 0 bridgehead atoms. The maximum absolute atomic E-state index is 12.6. The van der Waals surface area contributed by atoms with E-state index in [1.54, 1.807) is 0 Å². The third kappa shape index (κ3) is 4.76. The Morgan fingerprint density at radius 3 is 2.40 bits per heavy atom. The van der Waals surface area contributed by atoms with Crippen LogP contribution in [0.3, 0.4) is 0 Å². The van der Waals surface area contributed by atoms with E-state index < -0.39 is 45.6 Å². The van der Waals surface area contributed by atoms with Gasteiger partial charge in [0, 0.05) is 11.0 Å². The minimum atomic E-state index is -4.69. The summed E-state index contributed by atoms with van der Waals surface area (Å²) < 4.78 is 63.1. The Balaban J connectivity index is 3.06. The minimum absolute atomic E-state index is 0.0501. The van der Waals surface area contributed by atoms with Gasteiger partial charge >= 0.3 is 12.1 Å². The van der Waals surface area contributed by atoms with Crippen molar-refractivity contribution in [2.45, 2.75) is 17.5 Å². The van der Waals surface area contributed by atoms with E-state index in [4.69, 9.17) is 5.11 Å². The van der Waals surface area contributed by atoms with Crippen LogP contribution in [0, 0.1) is 0 Å². The van der Waals surface area contributed by atoms with Crippen LogP contribution in [-0.2, 0) is 21.0 Å². The van der Waals surface area contributed by atoms with Gasteiger partial charge in [0.25, 0.3) is 0 Å². The number of aliphatic carboxylic acids is 1.